The normalized spacial score (nSPS) is 16.3. The van der Waals surface area contributed by atoms with Gasteiger partial charge in [0, 0.05) is 36.1 Å². The molecule has 2 atom stereocenters. The van der Waals surface area contributed by atoms with Crippen LogP contribution in [0.2, 0.25) is 0 Å². The maximum atomic E-state index is 13.1. The molecule has 2 aromatic carbocycles. The van der Waals surface area contributed by atoms with Crippen molar-refractivity contribution >= 4 is 11.6 Å². The van der Waals surface area contributed by atoms with Crippen LogP contribution in [0.1, 0.15) is 61.3 Å². The molecule has 3 rings (SSSR count). The summed E-state index contributed by atoms with van der Waals surface area (Å²) < 4.78 is 39.4. The fraction of sp³-hybridized carbons (Fsp3) is 0.320. The van der Waals surface area contributed by atoms with E-state index in [1.54, 1.807) is 12.1 Å². The summed E-state index contributed by atoms with van der Waals surface area (Å²) in [5.74, 6) is -3.26. The summed E-state index contributed by atoms with van der Waals surface area (Å²) in [5.41, 5.74) is 2.32. The molecule has 0 saturated carbocycles. The highest BCUT2D eigenvalue weighted by Gasteiger charge is 2.41. The van der Waals surface area contributed by atoms with Crippen molar-refractivity contribution in [2.24, 2.45) is 0 Å². The highest BCUT2D eigenvalue weighted by molar-refractivity contribution is 5.99. The third kappa shape index (κ3) is 5.44. The van der Waals surface area contributed by atoms with Crippen LogP contribution in [-0.2, 0) is 9.59 Å². The Labute approximate surface area is 184 Å². The van der Waals surface area contributed by atoms with Gasteiger partial charge in [-0.3, -0.25) is 9.59 Å². The molecule has 0 heterocycles. The molecule has 0 unspecified atom stereocenters. The number of alkyl halides is 3. The SMILES string of the molecule is C[C@@H](NC1=C([C@@H](CC(=O)C(F)(F)F)c2cccc(C#N)c2)C(=O)CCC1)c1ccccc1. The van der Waals surface area contributed by atoms with E-state index in [1.807, 2.05) is 43.3 Å². The van der Waals surface area contributed by atoms with Crippen molar-refractivity contribution in [1.82, 2.24) is 5.32 Å². The number of halogens is 3. The maximum Gasteiger partial charge on any atom is 0.450 e. The first-order valence-electron chi connectivity index (χ1n) is 10.4. The van der Waals surface area contributed by atoms with E-state index in [4.69, 9.17) is 0 Å². The average Bonchev–Trinajstić information content (AvgIpc) is 2.78. The first kappa shape index (κ1) is 23.3. The van der Waals surface area contributed by atoms with Gasteiger partial charge in [0.2, 0.25) is 5.78 Å². The summed E-state index contributed by atoms with van der Waals surface area (Å²) in [5, 5.41) is 12.5. The Hall–Kier alpha value is -3.40. The molecule has 2 aromatic rings. The third-order valence-electron chi connectivity index (χ3n) is 5.62. The number of nitriles is 1. The second-order valence-electron chi connectivity index (χ2n) is 7.86. The number of ketones is 2. The minimum absolute atomic E-state index is 0.184. The van der Waals surface area contributed by atoms with Gasteiger partial charge in [0.25, 0.3) is 0 Å². The number of Topliss-reactive ketones (excluding diaryl/α,β-unsaturated/α-hetero) is 2. The molecule has 4 nitrogen and oxygen atoms in total. The molecule has 0 saturated heterocycles. The highest BCUT2D eigenvalue weighted by Crippen LogP contribution is 2.38. The van der Waals surface area contributed by atoms with E-state index in [-0.39, 0.29) is 29.4 Å². The van der Waals surface area contributed by atoms with Crippen LogP contribution in [0.15, 0.2) is 65.9 Å². The molecule has 1 aliphatic rings. The van der Waals surface area contributed by atoms with Crippen molar-refractivity contribution in [2.45, 2.75) is 50.7 Å². The number of carbonyl (C=O) groups is 2. The lowest BCUT2D eigenvalue weighted by atomic mass is 9.79. The van der Waals surface area contributed by atoms with Crippen LogP contribution in [0.3, 0.4) is 0 Å². The number of hydrogen-bond acceptors (Lipinski definition) is 4. The van der Waals surface area contributed by atoms with Gasteiger partial charge in [0.05, 0.1) is 11.6 Å². The lowest BCUT2D eigenvalue weighted by Crippen LogP contribution is -2.31. The topological polar surface area (TPSA) is 70.0 Å². The average molecular weight is 440 g/mol. The van der Waals surface area contributed by atoms with Gasteiger partial charge in [-0.15, -0.1) is 0 Å². The lowest BCUT2D eigenvalue weighted by molar-refractivity contribution is -0.171. The van der Waals surface area contributed by atoms with Crippen LogP contribution in [0, 0.1) is 11.3 Å². The van der Waals surface area contributed by atoms with Gasteiger partial charge in [0.15, 0.2) is 5.78 Å². The van der Waals surface area contributed by atoms with Crippen molar-refractivity contribution < 1.29 is 22.8 Å². The fourth-order valence-electron chi connectivity index (χ4n) is 4.02. The van der Waals surface area contributed by atoms with Crippen molar-refractivity contribution in [3.63, 3.8) is 0 Å². The standard InChI is InChI=1S/C25H23F3N2O2/c1-16(18-8-3-2-4-9-18)30-21-11-6-12-22(31)24(21)20(14-23(32)25(26,27)28)19-10-5-7-17(13-19)15-29/h2-5,7-10,13,16,20,30H,6,11-12,14H2,1H3/t16-,20+/m1/s1. The van der Waals surface area contributed by atoms with E-state index in [1.165, 1.54) is 12.1 Å². The van der Waals surface area contributed by atoms with Gasteiger partial charge in [-0.05, 0) is 43.0 Å². The van der Waals surface area contributed by atoms with Crippen LogP contribution >= 0.6 is 0 Å². The van der Waals surface area contributed by atoms with E-state index in [2.05, 4.69) is 5.32 Å². The Morgan fingerprint density at radius 3 is 2.44 bits per heavy atom. The van der Waals surface area contributed by atoms with Gasteiger partial charge in [-0.2, -0.15) is 18.4 Å². The number of nitrogens with one attached hydrogen (secondary N) is 1. The zero-order valence-corrected chi connectivity index (χ0v) is 17.6. The minimum Gasteiger partial charge on any atom is -0.381 e. The largest absolute Gasteiger partial charge is 0.450 e. The van der Waals surface area contributed by atoms with Crippen LogP contribution < -0.4 is 5.32 Å². The molecule has 0 spiro atoms. The van der Waals surface area contributed by atoms with E-state index in [0.29, 0.717) is 24.1 Å². The Kier molecular flexibility index (Phi) is 7.14. The second kappa shape index (κ2) is 9.82. The van der Waals surface area contributed by atoms with Crippen molar-refractivity contribution in [1.29, 1.82) is 5.26 Å². The van der Waals surface area contributed by atoms with E-state index in [9.17, 15) is 28.0 Å². The van der Waals surface area contributed by atoms with E-state index in [0.717, 1.165) is 5.56 Å². The molecule has 0 aromatic heterocycles. The molecule has 0 amide bonds. The molecule has 32 heavy (non-hydrogen) atoms. The smallest absolute Gasteiger partial charge is 0.381 e. The maximum absolute atomic E-state index is 13.1. The van der Waals surface area contributed by atoms with Crippen molar-refractivity contribution in [3.8, 4) is 6.07 Å². The second-order valence-corrected chi connectivity index (χ2v) is 7.86. The Morgan fingerprint density at radius 1 is 1.09 bits per heavy atom. The highest BCUT2D eigenvalue weighted by atomic mass is 19.4. The summed E-state index contributed by atoms with van der Waals surface area (Å²) in [7, 11) is 0. The molecule has 0 bridgehead atoms. The third-order valence-corrected chi connectivity index (χ3v) is 5.62. The summed E-state index contributed by atoms with van der Waals surface area (Å²) in [6.07, 6.45) is -4.62. The molecule has 1 aliphatic carbocycles. The molecular weight excluding hydrogens is 417 g/mol. The molecule has 166 valence electrons. The number of allylic oxidation sites excluding steroid dienone is 2. The van der Waals surface area contributed by atoms with Crippen LogP contribution in [-0.4, -0.2) is 17.7 Å². The first-order valence-corrected chi connectivity index (χ1v) is 10.4. The zero-order chi connectivity index (χ0) is 23.3. The van der Waals surface area contributed by atoms with Gasteiger partial charge >= 0.3 is 6.18 Å². The van der Waals surface area contributed by atoms with E-state index < -0.39 is 24.3 Å². The molecule has 0 fully saturated rings. The molecule has 1 N–H and O–H groups in total. The number of nitrogens with zero attached hydrogens (tertiary/aromatic N) is 1. The quantitative estimate of drug-likeness (QED) is 0.615. The number of hydrogen-bond donors (Lipinski definition) is 1. The van der Waals surface area contributed by atoms with Crippen LogP contribution in [0.4, 0.5) is 13.2 Å². The fourth-order valence-corrected chi connectivity index (χ4v) is 4.02. The molecular formula is C25H23F3N2O2. The summed E-state index contributed by atoms with van der Waals surface area (Å²) in [4.78, 5) is 24.9. The summed E-state index contributed by atoms with van der Waals surface area (Å²) in [6.45, 7) is 1.91. The summed E-state index contributed by atoms with van der Waals surface area (Å²) >= 11 is 0. The van der Waals surface area contributed by atoms with Gasteiger partial charge in [0.1, 0.15) is 0 Å². The number of rotatable bonds is 7. The summed E-state index contributed by atoms with van der Waals surface area (Å²) in [6, 6.07) is 17.3. The zero-order valence-electron chi connectivity index (χ0n) is 17.6. The van der Waals surface area contributed by atoms with Crippen molar-refractivity contribution in [2.75, 3.05) is 0 Å². The van der Waals surface area contributed by atoms with Crippen molar-refractivity contribution in [3.05, 3.63) is 82.6 Å². The Morgan fingerprint density at radius 2 is 1.78 bits per heavy atom. The number of carbonyl (C=O) groups excluding carboxylic acids is 2. The van der Waals surface area contributed by atoms with Crippen LogP contribution in [0.25, 0.3) is 0 Å². The molecule has 7 heteroatoms. The Bertz CT molecular complexity index is 1070. The van der Waals surface area contributed by atoms with Gasteiger partial charge < -0.3 is 5.32 Å². The predicted molar refractivity (Wildman–Crippen MR) is 113 cm³/mol. The van der Waals surface area contributed by atoms with Gasteiger partial charge in [-0.25, -0.2) is 0 Å². The Balaban J connectivity index is 2.08. The molecule has 0 aliphatic heterocycles. The monoisotopic (exact) mass is 440 g/mol. The molecule has 0 radical (unpaired) electrons. The van der Waals surface area contributed by atoms with Crippen LogP contribution in [0.5, 0.6) is 0 Å². The first-order chi connectivity index (χ1) is 15.2. The number of benzene rings is 2. The lowest BCUT2D eigenvalue weighted by Gasteiger charge is -2.29. The minimum atomic E-state index is -5.01. The predicted octanol–water partition coefficient (Wildman–Crippen LogP) is 5.52. The van der Waals surface area contributed by atoms with E-state index >= 15 is 0 Å². The van der Waals surface area contributed by atoms with Gasteiger partial charge in [-0.1, -0.05) is 42.5 Å².